The monoisotopic (exact) mass is 314 g/mol. The molecule has 0 amide bonds. The van der Waals surface area contributed by atoms with Gasteiger partial charge < -0.3 is 9.84 Å². The summed E-state index contributed by atoms with van der Waals surface area (Å²) in [6.07, 6.45) is -4.44. The van der Waals surface area contributed by atoms with E-state index in [0.717, 1.165) is 12.1 Å². The highest BCUT2D eigenvalue weighted by atomic mass is 19.4. The molecule has 0 aliphatic heterocycles. The fourth-order valence-corrected chi connectivity index (χ4v) is 1.87. The van der Waals surface area contributed by atoms with Crippen molar-refractivity contribution in [1.29, 1.82) is 0 Å². The van der Waals surface area contributed by atoms with Crippen molar-refractivity contribution in [1.82, 2.24) is 9.78 Å². The highest BCUT2D eigenvalue weighted by Gasteiger charge is 2.30. The molecule has 0 aliphatic rings. The molecule has 1 N–H and O–H groups in total. The Morgan fingerprint density at radius 3 is 2.64 bits per heavy atom. The molecule has 0 saturated heterocycles. The summed E-state index contributed by atoms with van der Waals surface area (Å²) in [6, 6.07) is 5.80. The van der Waals surface area contributed by atoms with Crippen LogP contribution in [0.4, 0.5) is 13.2 Å². The van der Waals surface area contributed by atoms with E-state index in [4.69, 9.17) is 9.84 Å². The first-order valence-electron chi connectivity index (χ1n) is 6.41. The van der Waals surface area contributed by atoms with Gasteiger partial charge in [-0.25, -0.2) is 4.79 Å². The van der Waals surface area contributed by atoms with Crippen molar-refractivity contribution >= 4 is 5.97 Å². The smallest absolute Gasteiger partial charge is 0.416 e. The summed E-state index contributed by atoms with van der Waals surface area (Å²) < 4.78 is 44.3. The predicted molar refractivity (Wildman–Crippen MR) is 70.6 cm³/mol. The molecule has 0 spiro atoms. The first kappa shape index (κ1) is 15.9. The summed E-state index contributed by atoms with van der Waals surface area (Å²) in [4.78, 5) is 11.0. The summed E-state index contributed by atoms with van der Waals surface area (Å²) in [6.45, 7) is 1.98. The van der Waals surface area contributed by atoms with Crippen LogP contribution in [0.15, 0.2) is 30.3 Å². The Morgan fingerprint density at radius 1 is 1.36 bits per heavy atom. The van der Waals surface area contributed by atoms with Gasteiger partial charge in [0.1, 0.15) is 23.7 Å². The van der Waals surface area contributed by atoms with Gasteiger partial charge in [-0.05, 0) is 31.2 Å². The summed E-state index contributed by atoms with van der Waals surface area (Å²) in [5.74, 6) is -1.09. The molecule has 0 radical (unpaired) electrons. The van der Waals surface area contributed by atoms with Crippen LogP contribution in [0.3, 0.4) is 0 Å². The van der Waals surface area contributed by atoms with E-state index in [-0.39, 0.29) is 18.1 Å². The highest BCUT2D eigenvalue weighted by molar-refractivity contribution is 5.85. The number of carbonyl (C=O) groups is 1. The van der Waals surface area contributed by atoms with Gasteiger partial charge in [-0.1, -0.05) is 6.07 Å². The Labute approximate surface area is 123 Å². The Kier molecular flexibility index (Phi) is 4.39. The lowest BCUT2D eigenvalue weighted by atomic mass is 10.2. The molecule has 2 rings (SSSR count). The van der Waals surface area contributed by atoms with Crippen molar-refractivity contribution in [3.8, 4) is 5.75 Å². The van der Waals surface area contributed by atoms with Gasteiger partial charge in [-0.3, -0.25) is 4.68 Å². The minimum Gasteiger partial charge on any atom is -0.487 e. The van der Waals surface area contributed by atoms with Gasteiger partial charge in [0, 0.05) is 6.54 Å². The van der Waals surface area contributed by atoms with Crippen molar-refractivity contribution in [2.75, 3.05) is 0 Å². The lowest BCUT2D eigenvalue weighted by Crippen LogP contribution is -2.08. The van der Waals surface area contributed by atoms with E-state index in [1.165, 1.54) is 22.9 Å². The molecule has 0 aliphatic carbocycles. The number of carboxylic acid groups (broad SMARTS) is 1. The summed E-state index contributed by atoms with van der Waals surface area (Å²) in [5, 5.41) is 13.0. The minimum atomic E-state index is -4.44. The molecule has 1 aromatic carbocycles. The van der Waals surface area contributed by atoms with Gasteiger partial charge in [-0.15, -0.1) is 0 Å². The quantitative estimate of drug-likeness (QED) is 0.920. The van der Waals surface area contributed by atoms with Crippen LogP contribution in [0, 0.1) is 0 Å². The van der Waals surface area contributed by atoms with E-state index in [1.807, 2.05) is 0 Å². The van der Waals surface area contributed by atoms with Gasteiger partial charge in [0.15, 0.2) is 0 Å². The number of alkyl halides is 3. The largest absolute Gasteiger partial charge is 0.487 e. The maximum Gasteiger partial charge on any atom is 0.416 e. The molecule has 2 aromatic rings. The second-order valence-electron chi connectivity index (χ2n) is 4.46. The number of carboxylic acids is 1. The van der Waals surface area contributed by atoms with Crippen LogP contribution in [0.2, 0.25) is 0 Å². The van der Waals surface area contributed by atoms with Crippen molar-refractivity contribution in [2.45, 2.75) is 26.3 Å². The van der Waals surface area contributed by atoms with Crippen LogP contribution in [0.5, 0.6) is 5.75 Å². The molecule has 22 heavy (non-hydrogen) atoms. The standard InChI is InChI=1S/C14H13F3N2O3/c1-2-19-12(13(20)21)7-10(18-19)8-22-11-5-3-4-9(6-11)14(15,16)17/h3-7H,2,8H2,1H3,(H,20,21). The molecular formula is C14H13F3N2O3. The fraction of sp³-hybridized carbons (Fsp3) is 0.286. The highest BCUT2D eigenvalue weighted by Crippen LogP contribution is 2.31. The van der Waals surface area contributed by atoms with Gasteiger partial charge in [-0.2, -0.15) is 18.3 Å². The zero-order valence-electron chi connectivity index (χ0n) is 11.6. The van der Waals surface area contributed by atoms with Crippen LogP contribution < -0.4 is 4.74 Å². The number of rotatable bonds is 5. The summed E-state index contributed by atoms with van der Waals surface area (Å²) in [7, 11) is 0. The molecule has 1 heterocycles. The molecule has 0 unspecified atom stereocenters. The number of benzene rings is 1. The Hall–Kier alpha value is -2.51. The molecule has 0 atom stereocenters. The predicted octanol–water partition coefficient (Wildman–Crippen LogP) is 3.20. The summed E-state index contributed by atoms with van der Waals surface area (Å²) >= 11 is 0. The Balaban J connectivity index is 2.12. The molecule has 5 nitrogen and oxygen atoms in total. The lowest BCUT2D eigenvalue weighted by Gasteiger charge is -2.09. The number of hydrogen-bond donors (Lipinski definition) is 1. The third-order valence-electron chi connectivity index (χ3n) is 2.90. The number of halogens is 3. The van der Waals surface area contributed by atoms with Gasteiger partial charge in [0.2, 0.25) is 0 Å². The van der Waals surface area contributed by atoms with Crippen LogP contribution in [0.25, 0.3) is 0 Å². The van der Waals surface area contributed by atoms with E-state index in [0.29, 0.717) is 12.2 Å². The maximum atomic E-state index is 12.6. The van der Waals surface area contributed by atoms with Gasteiger partial charge in [0.05, 0.1) is 5.56 Å². The van der Waals surface area contributed by atoms with Crippen LogP contribution in [-0.4, -0.2) is 20.9 Å². The molecule has 8 heteroatoms. The second-order valence-corrected chi connectivity index (χ2v) is 4.46. The van der Waals surface area contributed by atoms with Crippen molar-refractivity contribution < 1.29 is 27.8 Å². The van der Waals surface area contributed by atoms with Crippen molar-refractivity contribution in [3.05, 3.63) is 47.3 Å². The summed E-state index contributed by atoms with van der Waals surface area (Å²) in [5.41, 5.74) is -0.475. The van der Waals surface area contributed by atoms with Crippen molar-refractivity contribution in [3.63, 3.8) is 0 Å². The zero-order valence-corrected chi connectivity index (χ0v) is 11.6. The van der Waals surface area contributed by atoms with E-state index >= 15 is 0 Å². The normalized spacial score (nSPS) is 11.5. The fourth-order valence-electron chi connectivity index (χ4n) is 1.87. The van der Waals surface area contributed by atoms with Gasteiger partial charge in [0.25, 0.3) is 0 Å². The van der Waals surface area contributed by atoms with E-state index in [9.17, 15) is 18.0 Å². The van der Waals surface area contributed by atoms with Gasteiger partial charge >= 0.3 is 12.1 Å². The molecule has 0 fully saturated rings. The van der Waals surface area contributed by atoms with Crippen molar-refractivity contribution in [2.24, 2.45) is 0 Å². The third kappa shape index (κ3) is 3.57. The van der Waals surface area contributed by atoms with Crippen LogP contribution >= 0.6 is 0 Å². The zero-order chi connectivity index (χ0) is 16.3. The first-order chi connectivity index (χ1) is 10.3. The second kappa shape index (κ2) is 6.08. The molecule has 0 bridgehead atoms. The number of aromatic carboxylic acids is 1. The van der Waals surface area contributed by atoms with E-state index in [1.54, 1.807) is 6.92 Å². The van der Waals surface area contributed by atoms with E-state index < -0.39 is 17.7 Å². The lowest BCUT2D eigenvalue weighted by molar-refractivity contribution is -0.137. The maximum absolute atomic E-state index is 12.6. The number of hydrogen-bond acceptors (Lipinski definition) is 3. The topological polar surface area (TPSA) is 64.4 Å². The third-order valence-corrected chi connectivity index (χ3v) is 2.90. The molecule has 118 valence electrons. The molecule has 1 aromatic heterocycles. The molecule has 0 saturated carbocycles. The SMILES string of the molecule is CCn1nc(COc2cccc(C(F)(F)F)c2)cc1C(=O)O. The number of nitrogens with zero attached hydrogens (tertiary/aromatic N) is 2. The van der Waals surface area contributed by atoms with Crippen LogP contribution in [0.1, 0.15) is 28.7 Å². The van der Waals surface area contributed by atoms with E-state index in [2.05, 4.69) is 5.10 Å². The number of ether oxygens (including phenoxy) is 1. The molecular weight excluding hydrogens is 301 g/mol. The number of aromatic nitrogens is 2. The Morgan fingerprint density at radius 2 is 2.09 bits per heavy atom. The number of aryl methyl sites for hydroxylation is 1. The first-order valence-corrected chi connectivity index (χ1v) is 6.41. The average molecular weight is 314 g/mol. The Bertz CT molecular complexity index is 680. The van der Waals surface area contributed by atoms with Crippen LogP contribution in [-0.2, 0) is 19.3 Å². The average Bonchev–Trinajstić information content (AvgIpc) is 2.88. The minimum absolute atomic E-state index is 0.00476.